The van der Waals surface area contributed by atoms with Gasteiger partial charge in [-0.15, -0.1) is 0 Å². The van der Waals surface area contributed by atoms with Gasteiger partial charge < -0.3 is 10.6 Å². The molecule has 0 aliphatic carbocycles. The summed E-state index contributed by atoms with van der Waals surface area (Å²) in [7, 11) is 0. The van der Waals surface area contributed by atoms with Gasteiger partial charge in [-0.2, -0.15) is 11.3 Å². The number of amides is 1. The number of carbonyl (C=O) groups excluding carboxylic acids is 1. The Labute approximate surface area is 94.9 Å². The molecule has 0 aliphatic rings. The summed E-state index contributed by atoms with van der Waals surface area (Å²) in [5.74, 6) is 0.0503. The Morgan fingerprint density at radius 3 is 2.73 bits per heavy atom. The number of hydrogen-bond donors (Lipinski definition) is 2. The van der Waals surface area contributed by atoms with Crippen molar-refractivity contribution in [2.24, 2.45) is 0 Å². The maximum atomic E-state index is 11.4. The molecule has 0 radical (unpaired) electrons. The van der Waals surface area contributed by atoms with E-state index in [4.69, 9.17) is 0 Å². The minimum atomic E-state index is 0.0503. The number of thiophene rings is 1. The van der Waals surface area contributed by atoms with Crippen molar-refractivity contribution in [2.45, 2.75) is 33.4 Å². The van der Waals surface area contributed by atoms with Crippen LogP contribution in [0.5, 0.6) is 0 Å². The van der Waals surface area contributed by atoms with Crippen molar-refractivity contribution in [1.82, 2.24) is 10.6 Å². The highest BCUT2D eigenvalue weighted by atomic mass is 32.1. The van der Waals surface area contributed by atoms with E-state index < -0.39 is 0 Å². The molecule has 0 saturated heterocycles. The topological polar surface area (TPSA) is 41.1 Å². The number of nitrogens with one attached hydrogen (secondary N) is 2. The second-order valence-electron chi connectivity index (χ2n) is 3.89. The molecular formula is C11H18N2OS. The first kappa shape index (κ1) is 12.2. The fourth-order valence-corrected chi connectivity index (χ4v) is 1.98. The highest BCUT2D eigenvalue weighted by molar-refractivity contribution is 7.08. The van der Waals surface area contributed by atoms with Crippen LogP contribution in [0.25, 0.3) is 0 Å². The van der Waals surface area contributed by atoms with Crippen LogP contribution >= 0.6 is 11.3 Å². The second-order valence-corrected chi connectivity index (χ2v) is 4.64. The number of aryl methyl sites for hydroxylation is 1. The van der Waals surface area contributed by atoms with Gasteiger partial charge in [0.25, 0.3) is 0 Å². The van der Waals surface area contributed by atoms with E-state index in [1.54, 1.807) is 11.3 Å². The summed E-state index contributed by atoms with van der Waals surface area (Å²) in [6, 6.07) is 0.346. The third kappa shape index (κ3) is 4.44. The van der Waals surface area contributed by atoms with E-state index >= 15 is 0 Å². The summed E-state index contributed by atoms with van der Waals surface area (Å²) in [6.07, 6.45) is 0. The second kappa shape index (κ2) is 5.88. The summed E-state index contributed by atoms with van der Waals surface area (Å²) < 4.78 is 0. The molecule has 1 aromatic rings. The van der Waals surface area contributed by atoms with Gasteiger partial charge in [-0.3, -0.25) is 4.79 Å². The normalized spacial score (nSPS) is 10.7. The Morgan fingerprint density at radius 1 is 1.47 bits per heavy atom. The molecule has 0 atom stereocenters. The molecule has 1 aromatic heterocycles. The molecule has 15 heavy (non-hydrogen) atoms. The van der Waals surface area contributed by atoms with Gasteiger partial charge in [-0.25, -0.2) is 0 Å². The highest BCUT2D eigenvalue weighted by Crippen LogP contribution is 2.12. The van der Waals surface area contributed by atoms with E-state index in [-0.39, 0.29) is 5.91 Å². The summed E-state index contributed by atoms with van der Waals surface area (Å²) in [5.41, 5.74) is 2.45. The largest absolute Gasteiger partial charge is 0.351 e. The first-order chi connectivity index (χ1) is 7.09. The van der Waals surface area contributed by atoms with Crippen LogP contribution in [0.4, 0.5) is 0 Å². The molecule has 2 N–H and O–H groups in total. The lowest BCUT2D eigenvalue weighted by Gasteiger charge is -2.08. The SMILES string of the molecule is Cc1cscc1CNC(=O)CNC(C)C. The standard InChI is InChI=1S/C11H18N2OS/c1-8(2)12-5-11(14)13-4-10-7-15-6-9(10)3/h6-8,12H,4-5H2,1-3H3,(H,13,14). The maximum absolute atomic E-state index is 11.4. The average molecular weight is 226 g/mol. The quantitative estimate of drug-likeness (QED) is 0.802. The zero-order chi connectivity index (χ0) is 11.3. The minimum absolute atomic E-state index is 0.0503. The molecule has 0 aliphatic heterocycles. The molecule has 0 spiro atoms. The number of hydrogen-bond acceptors (Lipinski definition) is 3. The van der Waals surface area contributed by atoms with E-state index in [1.165, 1.54) is 11.1 Å². The van der Waals surface area contributed by atoms with Gasteiger partial charge in [0, 0.05) is 12.6 Å². The molecule has 1 amide bonds. The van der Waals surface area contributed by atoms with E-state index in [0.717, 1.165) is 0 Å². The van der Waals surface area contributed by atoms with Crippen LogP contribution in [-0.2, 0) is 11.3 Å². The molecule has 0 fully saturated rings. The zero-order valence-electron chi connectivity index (χ0n) is 9.46. The highest BCUT2D eigenvalue weighted by Gasteiger charge is 2.03. The van der Waals surface area contributed by atoms with Crippen molar-refractivity contribution >= 4 is 17.2 Å². The molecule has 1 rings (SSSR count). The van der Waals surface area contributed by atoms with Gasteiger partial charge in [0.15, 0.2) is 0 Å². The fraction of sp³-hybridized carbons (Fsp3) is 0.545. The lowest BCUT2D eigenvalue weighted by Crippen LogP contribution is -2.36. The first-order valence-corrected chi connectivity index (χ1v) is 6.05. The minimum Gasteiger partial charge on any atom is -0.351 e. The average Bonchev–Trinajstić information content (AvgIpc) is 2.58. The zero-order valence-corrected chi connectivity index (χ0v) is 10.3. The van der Waals surface area contributed by atoms with E-state index in [1.807, 2.05) is 13.8 Å². The van der Waals surface area contributed by atoms with Gasteiger partial charge in [-0.05, 0) is 28.8 Å². The Balaban J connectivity index is 2.26. The van der Waals surface area contributed by atoms with Crippen LogP contribution < -0.4 is 10.6 Å². The van der Waals surface area contributed by atoms with Crippen LogP contribution in [0.3, 0.4) is 0 Å². The van der Waals surface area contributed by atoms with Gasteiger partial charge in [-0.1, -0.05) is 13.8 Å². The number of rotatable bonds is 5. The molecule has 0 bridgehead atoms. The van der Waals surface area contributed by atoms with Gasteiger partial charge in [0.2, 0.25) is 5.91 Å². The van der Waals surface area contributed by atoms with Gasteiger partial charge in [0.1, 0.15) is 0 Å². The van der Waals surface area contributed by atoms with E-state index in [2.05, 4.69) is 28.3 Å². The van der Waals surface area contributed by atoms with Crippen LogP contribution in [0, 0.1) is 6.92 Å². The molecule has 0 saturated carbocycles. The van der Waals surface area contributed by atoms with Gasteiger partial charge in [0.05, 0.1) is 6.54 Å². The molecule has 0 unspecified atom stereocenters. The third-order valence-electron chi connectivity index (χ3n) is 2.11. The van der Waals surface area contributed by atoms with Crippen molar-refractivity contribution in [1.29, 1.82) is 0 Å². The molecule has 0 aromatic carbocycles. The van der Waals surface area contributed by atoms with E-state index in [0.29, 0.717) is 19.1 Å². The summed E-state index contributed by atoms with van der Waals surface area (Å²) in [4.78, 5) is 11.4. The summed E-state index contributed by atoms with van der Waals surface area (Å²) >= 11 is 1.67. The van der Waals surface area contributed by atoms with Crippen molar-refractivity contribution in [3.63, 3.8) is 0 Å². The summed E-state index contributed by atoms with van der Waals surface area (Å²) in [5, 5.41) is 10.1. The lowest BCUT2D eigenvalue weighted by molar-refractivity contribution is -0.120. The van der Waals surface area contributed by atoms with Crippen molar-refractivity contribution in [3.8, 4) is 0 Å². The molecule has 3 nitrogen and oxygen atoms in total. The Hall–Kier alpha value is -0.870. The molecule has 1 heterocycles. The maximum Gasteiger partial charge on any atom is 0.234 e. The monoisotopic (exact) mass is 226 g/mol. The molecule has 4 heteroatoms. The lowest BCUT2D eigenvalue weighted by atomic mass is 10.2. The molecular weight excluding hydrogens is 208 g/mol. The van der Waals surface area contributed by atoms with Crippen LogP contribution in [0.2, 0.25) is 0 Å². The Bertz CT molecular complexity index is 320. The predicted molar refractivity (Wildman–Crippen MR) is 64.0 cm³/mol. The van der Waals surface area contributed by atoms with Crippen molar-refractivity contribution in [2.75, 3.05) is 6.54 Å². The van der Waals surface area contributed by atoms with Crippen LogP contribution in [0.15, 0.2) is 10.8 Å². The summed E-state index contributed by atoms with van der Waals surface area (Å²) in [6.45, 7) is 7.13. The van der Waals surface area contributed by atoms with Crippen molar-refractivity contribution < 1.29 is 4.79 Å². The Morgan fingerprint density at radius 2 is 2.20 bits per heavy atom. The van der Waals surface area contributed by atoms with Crippen molar-refractivity contribution in [3.05, 3.63) is 21.9 Å². The Kier molecular flexibility index (Phi) is 4.78. The third-order valence-corrected chi connectivity index (χ3v) is 3.02. The molecule has 84 valence electrons. The predicted octanol–water partition coefficient (Wildman–Crippen LogP) is 1.67. The van der Waals surface area contributed by atoms with Crippen LogP contribution in [-0.4, -0.2) is 18.5 Å². The van der Waals surface area contributed by atoms with Gasteiger partial charge >= 0.3 is 0 Å². The first-order valence-electron chi connectivity index (χ1n) is 5.11. The fourth-order valence-electron chi connectivity index (χ4n) is 1.12. The van der Waals surface area contributed by atoms with Crippen LogP contribution in [0.1, 0.15) is 25.0 Å². The number of carbonyl (C=O) groups is 1. The smallest absolute Gasteiger partial charge is 0.234 e. The van der Waals surface area contributed by atoms with E-state index in [9.17, 15) is 4.79 Å².